The van der Waals surface area contributed by atoms with Crippen LogP contribution in [0.2, 0.25) is 10.0 Å². The molecule has 1 aromatic carbocycles. The monoisotopic (exact) mass is 250 g/mol. The number of carbonyl (C=O) groups excluding carboxylic acids is 1. The van der Waals surface area contributed by atoms with Gasteiger partial charge < -0.3 is 9.84 Å². The van der Waals surface area contributed by atoms with Crippen molar-refractivity contribution in [2.45, 2.75) is 6.42 Å². The molecule has 1 aromatic rings. The van der Waals surface area contributed by atoms with E-state index in [0.717, 1.165) is 12.7 Å². The number of esters is 1. The molecule has 3 nitrogen and oxygen atoms in total. The molecule has 84 valence electrons. The maximum absolute atomic E-state index is 10.9. The second kappa shape index (κ2) is 7.51. The highest BCUT2D eigenvalue weighted by Gasteiger charge is 2.04. The molecular formula is C10H12Cl2O3. The normalized spacial score (nSPS) is 8.87. The van der Waals surface area contributed by atoms with Crippen LogP contribution in [-0.4, -0.2) is 25.3 Å². The Bertz CT molecular complexity index is 326. The van der Waals surface area contributed by atoms with Crippen molar-refractivity contribution < 1.29 is 14.6 Å². The summed E-state index contributed by atoms with van der Waals surface area (Å²) in [6, 6.07) is 5.05. The van der Waals surface area contributed by atoms with Crippen molar-refractivity contribution in [2.24, 2.45) is 0 Å². The smallest absolute Gasteiger partial charge is 0.309 e. The Kier molecular flexibility index (Phi) is 7.13. The van der Waals surface area contributed by atoms with E-state index >= 15 is 0 Å². The summed E-state index contributed by atoms with van der Waals surface area (Å²) in [6.07, 6.45) is 0.216. The summed E-state index contributed by atoms with van der Waals surface area (Å²) in [7, 11) is 2.35. The molecule has 1 N–H and O–H groups in total. The van der Waals surface area contributed by atoms with Gasteiger partial charge in [0.25, 0.3) is 0 Å². The number of methoxy groups -OCH3 is 1. The molecule has 1 rings (SSSR count). The molecule has 0 saturated carbocycles. The summed E-state index contributed by atoms with van der Waals surface area (Å²) in [5.41, 5.74) is 0.793. The van der Waals surface area contributed by atoms with E-state index < -0.39 is 0 Å². The van der Waals surface area contributed by atoms with Gasteiger partial charge in [0.15, 0.2) is 0 Å². The molecule has 0 atom stereocenters. The zero-order chi connectivity index (χ0) is 11.8. The van der Waals surface area contributed by atoms with Gasteiger partial charge >= 0.3 is 5.97 Å². The first-order chi connectivity index (χ1) is 7.13. The number of aliphatic hydroxyl groups excluding tert-OH is 1. The average molecular weight is 251 g/mol. The number of hydrogen-bond acceptors (Lipinski definition) is 3. The van der Waals surface area contributed by atoms with Crippen LogP contribution in [0.5, 0.6) is 0 Å². The molecule has 0 amide bonds. The van der Waals surface area contributed by atoms with Gasteiger partial charge in [0, 0.05) is 7.11 Å². The summed E-state index contributed by atoms with van der Waals surface area (Å²) < 4.78 is 4.51. The van der Waals surface area contributed by atoms with E-state index in [2.05, 4.69) is 4.74 Å². The van der Waals surface area contributed by atoms with Crippen LogP contribution < -0.4 is 0 Å². The van der Waals surface area contributed by atoms with Crippen LogP contribution in [0.4, 0.5) is 0 Å². The van der Waals surface area contributed by atoms with Gasteiger partial charge in [0.2, 0.25) is 0 Å². The summed E-state index contributed by atoms with van der Waals surface area (Å²) in [5.74, 6) is -0.293. The Balaban J connectivity index is 0.000000921. The average Bonchev–Trinajstić information content (AvgIpc) is 2.26. The number of halogens is 2. The lowest BCUT2D eigenvalue weighted by Gasteiger charge is -2.01. The fourth-order valence-electron chi connectivity index (χ4n) is 0.888. The third-order valence-corrected chi connectivity index (χ3v) is 2.30. The standard InChI is InChI=1S/C9H8Cl2O2.CH4O/c1-13-9(12)5-6-2-3-7(10)8(11)4-6;1-2/h2-4H,5H2,1H3;2H,1H3. The van der Waals surface area contributed by atoms with Gasteiger partial charge in [-0.05, 0) is 17.7 Å². The first-order valence-corrected chi connectivity index (χ1v) is 4.84. The molecule has 0 fully saturated rings. The maximum atomic E-state index is 10.9. The Morgan fingerprint density at radius 3 is 2.40 bits per heavy atom. The number of rotatable bonds is 2. The van der Waals surface area contributed by atoms with Gasteiger partial charge in [-0.1, -0.05) is 29.3 Å². The van der Waals surface area contributed by atoms with Gasteiger partial charge in [-0.3, -0.25) is 4.79 Å². The number of benzene rings is 1. The van der Waals surface area contributed by atoms with Gasteiger partial charge in [-0.2, -0.15) is 0 Å². The first-order valence-electron chi connectivity index (χ1n) is 4.09. The van der Waals surface area contributed by atoms with Crippen LogP contribution in [0.1, 0.15) is 5.56 Å². The van der Waals surface area contributed by atoms with Crippen LogP contribution in [0, 0.1) is 0 Å². The van der Waals surface area contributed by atoms with Gasteiger partial charge in [-0.15, -0.1) is 0 Å². The van der Waals surface area contributed by atoms with E-state index in [1.54, 1.807) is 18.2 Å². The zero-order valence-corrected chi connectivity index (χ0v) is 9.97. The minimum atomic E-state index is -0.293. The third kappa shape index (κ3) is 5.02. The predicted octanol–water partition coefficient (Wildman–Crippen LogP) is 2.32. The van der Waals surface area contributed by atoms with Crippen molar-refractivity contribution in [1.29, 1.82) is 0 Å². The van der Waals surface area contributed by atoms with E-state index in [0.29, 0.717) is 10.0 Å². The van der Waals surface area contributed by atoms with Crippen molar-refractivity contribution >= 4 is 29.2 Å². The molecule has 0 aliphatic heterocycles. The van der Waals surface area contributed by atoms with Gasteiger partial charge in [0.1, 0.15) is 0 Å². The number of hydrogen-bond donors (Lipinski definition) is 1. The van der Waals surface area contributed by atoms with Crippen LogP contribution in [0.25, 0.3) is 0 Å². The maximum Gasteiger partial charge on any atom is 0.309 e. The summed E-state index contributed by atoms with van der Waals surface area (Å²) in [5, 5.41) is 7.93. The number of ether oxygens (including phenoxy) is 1. The van der Waals surface area contributed by atoms with E-state index in [1.807, 2.05) is 0 Å². The van der Waals surface area contributed by atoms with E-state index in [1.165, 1.54) is 7.11 Å². The SMILES string of the molecule is CO.COC(=O)Cc1ccc(Cl)c(Cl)c1. The molecule has 0 saturated heterocycles. The molecule has 0 bridgehead atoms. The highest BCUT2D eigenvalue weighted by molar-refractivity contribution is 6.42. The van der Waals surface area contributed by atoms with Crippen LogP contribution >= 0.6 is 23.2 Å². The minimum Gasteiger partial charge on any atom is -0.469 e. The molecule has 0 heterocycles. The van der Waals surface area contributed by atoms with Crippen molar-refractivity contribution in [1.82, 2.24) is 0 Å². The van der Waals surface area contributed by atoms with E-state index in [4.69, 9.17) is 28.3 Å². The Hall–Kier alpha value is -0.770. The summed E-state index contributed by atoms with van der Waals surface area (Å²) in [4.78, 5) is 10.9. The van der Waals surface area contributed by atoms with E-state index in [-0.39, 0.29) is 12.4 Å². The van der Waals surface area contributed by atoms with Crippen molar-refractivity contribution in [3.8, 4) is 0 Å². The largest absolute Gasteiger partial charge is 0.469 e. The fourth-order valence-corrected chi connectivity index (χ4v) is 1.21. The van der Waals surface area contributed by atoms with Crippen molar-refractivity contribution in [2.75, 3.05) is 14.2 Å². The lowest BCUT2D eigenvalue weighted by molar-refractivity contribution is -0.139. The highest BCUT2D eigenvalue weighted by Crippen LogP contribution is 2.22. The minimum absolute atomic E-state index is 0.216. The summed E-state index contributed by atoms with van der Waals surface area (Å²) in [6.45, 7) is 0. The quantitative estimate of drug-likeness (QED) is 0.820. The number of aliphatic hydroxyl groups is 1. The molecular weight excluding hydrogens is 239 g/mol. The lowest BCUT2D eigenvalue weighted by atomic mass is 10.1. The van der Waals surface area contributed by atoms with Crippen LogP contribution in [0.3, 0.4) is 0 Å². The molecule has 0 aromatic heterocycles. The molecule has 0 unspecified atom stereocenters. The van der Waals surface area contributed by atoms with Crippen molar-refractivity contribution in [3.63, 3.8) is 0 Å². The zero-order valence-electron chi connectivity index (χ0n) is 8.46. The van der Waals surface area contributed by atoms with E-state index in [9.17, 15) is 4.79 Å². The molecule has 0 spiro atoms. The molecule has 0 aliphatic carbocycles. The molecule has 0 radical (unpaired) electrons. The molecule has 15 heavy (non-hydrogen) atoms. The second-order valence-electron chi connectivity index (χ2n) is 2.50. The van der Waals surface area contributed by atoms with Gasteiger partial charge in [-0.25, -0.2) is 0 Å². The van der Waals surface area contributed by atoms with Gasteiger partial charge in [0.05, 0.1) is 23.6 Å². The third-order valence-electron chi connectivity index (χ3n) is 1.56. The Morgan fingerprint density at radius 1 is 1.33 bits per heavy atom. The summed E-state index contributed by atoms with van der Waals surface area (Å²) >= 11 is 11.5. The molecule has 0 aliphatic rings. The predicted molar refractivity (Wildman–Crippen MR) is 60.3 cm³/mol. The first kappa shape index (κ1) is 14.2. The lowest BCUT2D eigenvalue weighted by Crippen LogP contribution is -2.04. The molecule has 5 heteroatoms. The Morgan fingerprint density at radius 2 is 1.93 bits per heavy atom. The fraction of sp³-hybridized carbons (Fsp3) is 0.300. The Labute approximate surface area is 98.6 Å². The van der Waals surface area contributed by atoms with Crippen molar-refractivity contribution in [3.05, 3.63) is 33.8 Å². The number of carbonyl (C=O) groups is 1. The van der Waals surface area contributed by atoms with Crippen LogP contribution in [-0.2, 0) is 16.0 Å². The topological polar surface area (TPSA) is 46.5 Å². The highest BCUT2D eigenvalue weighted by atomic mass is 35.5. The second-order valence-corrected chi connectivity index (χ2v) is 3.32. The van der Waals surface area contributed by atoms with Crippen LogP contribution in [0.15, 0.2) is 18.2 Å².